The molecule has 0 aliphatic carbocycles. The smallest absolute Gasteiger partial charge is 0.264 e. The number of Topliss-reactive ketones (excluding diaryl/α,β-unsaturated/α-hetero) is 1. The standard InChI is InChI=1S/C25H25N3O3S2/c1-15-20(13-27-24(30)19-6-4-5-7-22(19)32-3)18-10-11-28(14-17(18)12-26-15)25(31)23-9-8-21(33-23)16(2)29/h4-9,12H,10-11,13-14H2,1-3H3,(H,27,30). The summed E-state index contributed by atoms with van der Waals surface area (Å²) in [5.41, 5.74) is 4.72. The number of hydrogen-bond acceptors (Lipinski definition) is 6. The van der Waals surface area contributed by atoms with Gasteiger partial charge in [0.05, 0.1) is 15.3 Å². The minimum Gasteiger partial charge on any atom is -0.348 e. The molecule has 1 aliphatic heterocycles. The van der Waals surface area contributed by atoms with Crippen molar-refractivity contribution in [2.75, 3.05) is 12.8 Å². The van der Waals surface area contributed by atoms with Gasteiger partial charge in [0.15, 0.2) is 5.78 Å². The van der Waals surface area contributed by atoms with Crippen LogP contribution in [0.2, 0.25) is 0 Å². The molecule has 6 nitrogen and oxygen atoms in total. The number of thiophene rings is 1. The molecule has 1 aromatic carbocycles. The number of amides is 2. The average Bonchev–Trinajstić information content (AvgIpc) is 3.33. The molecule has 3 heterocycles. The summed E-state index contributed by atoms with van der Waals surface area (Å²) in [5.74, 6) is -0.208. The molecular formula is C25H25N3O3S2. The minimum atomic E-state index is -0.108. The van der Waals surface area contributed by atoms with E-state index in [1.165, 1.54) is 18.3 Å². The fourth-order valence-electron chi connectivity index (χ4n) is 4.02. The molecule has 0 spiro atoms. The van der Waals surface area contributed by atoms with E-state index in [1.807, 2.05) is 43.6 Å². The van der Waals surface area contributed by atoms with Crippen molar-refractivity contribution in [3.05, 3.63) is 80.3 Å². The predicted molar refractivity (Wildman–Crippen MR) is 131 cm³/mol. The van der Waals surface area contributed by atoms with E-state index in [9.17, 15) is 14.4 Å². The number of pyridine rings is 1. The second-order valence-corrected chi connectivity index (χ2v) is 9.84. The van der Waals surface area contributed by atoms with Crippen LogP contribution in [0, 0.1) is 6.92 Å². The zero-order chi connectivity index (χ0) is 23.5. The topological polar surface area (TPSA) is 79.4 Å². The molecule has 1 N–H and O–H groups in total. The normalized spacial score (nSPS) is 12.9. The van der Waals surface area contributed by atoms with Gasteiger partial charge in [-0.15, -0.1) is 23.1 Å². The number of aromatic nitrogens is 1. The van der Waals surface area contributed by atoms with Gasteiger partial charge in [-0.05, 0) is 67.5 Å². The van der Waals surface area contributed by atoms with Gasteiger partial charge in [0.2, 0.25) is 0 Å². The van der Waals surface area contributed by atoms with E-state index >= 15 is 0 Å². The second kappa shape index (κ2) is 9.89. The zero-order valence-corrected chi connectivity index (χ0v) is 20.4. The van der Waals surface area contributed by atoms with Gasteiger partial charge in [-0.3, -0.25) is 19.4 Å². The highest BCUT2D eigenvalue weighted by Gasteiger charge is 2.26. The van der Waals surface area contributed by atoms with Gasteiger partial charge in [0, 0.05) is 36.4 Å². The number of fused-ring (bicyclic) bond motifs is 1. The minimum absolute atomic E-state index is 0.0328. The molecule has 33 heavy (non-hydrogen) atoms. The Balaban J connectivity index is 1.50. The SMILES string of the molecule is CSc1ccccc1C(=O)NCc1c(C)ncc2c1CCN(C(=O)c1ccc(C(C)=O)s1)C2. The maximum atomic E-state index is 13.0. The number of hydrogen-bond donors (Lipinski definition) is 1. The molecule has 0 atom stereocenters. The molecule has 2 aromatic heterocycles. The fourth-order valence-corrected chi connectivity index (χ4v) is 5.49. The lowest BCUT2D eigenvalue weighted by Crippen LogP contribution is -2.36. The molecule has 1 aliphatic rings. The van der Waals surface area contributed by atoms with Crippen molar-refractivity contribution in [3.63, 3.8) is 0 Å². The summed E-state index contributed by atoms with van der Waals surface area (Å²) in [6.45, 7) is 4.89. The Morgan fingerprint density at radius 1 is 1.15 bits per heavy atom. The summed E-state index contributed by atoms with van der Waals surface area (Å²) >= 11 is 2.78. The van der Waals surface area contributed by atoms with E-state index < -0.39 is 0 Å². The molecule has 4 rings (SSSR count). The van der Waals surface area contributed by atoms with Crippen molar-refractivity contribution >= 4 is 40.7 Å². The molecule has 0 fully saturated rings. The number of rotatable bonds is 6. The number of benzene rings is 1. The van der Waals surface area contributed by atoms with Crippen molar-refractivity contribution in [2.45, 2.75) is 38.3 Å². The lowest BCUT2D eigenvalue weighted by molar-refractivity contribution is 0.0739. The molecule has 0 bridgehead atoms. The first-order valence-electron chi connectivity index (χ1n) is 10.7. The highest BCUT2D eigenvalue weighted by atomic mass is 32.2. The highest BCUT2D eigenvalue weighted by molar-refractivity contribution is 7.98. The molecule has 170 valence electrons. The third-order valence-electron chi connectivity index (χ3n) is 5.82. The third kappa shape index (κ3) is 4.86. The van der Waals surface area contributed by atoms with Crippen molar-refractivity contribution in [3.8, 4) is 0 Å². The van der Waals surface area contributed by atoms with Crippen LogP contribution in [-0.4, -0.2) is 40.3 Å². The zero-order valence-electron chi connectivity index (χ0n) is 18.8. The maximum Gasteiger partial charge on any atom is 0.264 e. The number of thioether (sulfide) groups is 1. The second-order valence-electron chi connectivity index (χ2n) is 7.91. The Morgan fingerprint density at radius 2 is 1.91 bits per heavy atom. The van der Waals surface area contributed by atoms with Crippen LogP contribution >= 0.6 is 23.1 Å². The lowest BCUT2D eigenvalue weighted by atomic mass is 9.94. The van der Waals surface area contributed by atoms with E-state index in [1.54, 1.807) is 28.8 Å². The molecule has 0 radical (unpaired) electrons. The summed E-state index contributed by atoms with van der Waals surface area (Å²) in [5, 5.41) is 3.05. The van der Waals surface area contributed by atoms with E-state index in [-0.39, 0.29) is 17.6 Å². The van der Waals surface area contributed by atoms with E-state index in [0.29, 0.717) is 41.4 Å². The molecular weight excluding hydrogens is 454 g/mol. The average molecular weight is 480 g/mol. The maximum absolute atomic E-state index is 13.0. The van der Waals surface area contributed by atoms with Gasteiger partial charge >= 0.3 is 0 Å². The lowest BCUT2D eigenvalue weighted by Gasteiger charge is -2.30. The molecule has 2 amide bonds. The molecule has 3 aromatic rings. The van der Waals surface area contributed by atoms with Gasteiger partial charge in [0.25, 0.3) is 11.8 Å². The number of carbonyl (C=O) groups excluding carboxylic acids is 3. The predicted octanol–water partition coefficient (Wildman–Crippen LogP) is 4.50. The van der Waals surface area contributed by atoms with Crippen LogP contribution in [0.1, 0.15) is 59.0 Å². The summed E-state index contributed by atoms with van der Waals surface area (Å²) in [6, 6.07) is 11.0. The Kier molecular flexibility index (Phi) is 6.95. The van der Waals surface area contributed by atoms with Gasteiger partial charge in [-0.1, -0.05) is 12.1 Å². The van der Waals surface area contributed by atoms with Crippen molar-refractivity contribution in [2.24, 2.45) is 0 Å². The van der Waals surface area contributed by atoms with Crippen LogP contribution in [0.25, 0.3) is 0 Å². The molecule has 0 saturated heterocycles. The first-order valence-corrected chi connectivity index (χ1v) is 12.7. The van der Waals surface area contributed by atoms with Crippen LogP contribution in [-0.2, 0) is 19.5 Å². The van der Waals surface area contributed by atoms with Gasteiger partial charge in [-0.2, -0.15) is 0 Å². The molecule has 8 heteroatoms. The number of aryl methyl sites for hydroxylation is 1. The Hall–Kier alpha value is -2.97. The fraction of sp³-hybridized carbons (Fsp3) is 0.280. The number of ketones is 1. The van der Waals surface area contributed by atoms with Crippen LogP contribution in [0.15, 0.2) is 47.5 Å². The Labute approximate surface area is 201 Å². The Bertz CT molecular complexity index is 1240. The number of carbonyl (C=O) groups is 3. The van der Waals surface area contributed by atoms with Gasteiger partial charge < -0.3 is 10.2 Å². The van der Waals surface area contributed by atoms with Crippen molar-refractivity contribution in [1.29, 1.82) is 0 Å². The summed E-state index contributed by atoms with van der Waals surface area (Å²) < 4.78 is 0. The first kappa shape index (κ1) is 23.2. The third-order valence-corrected chi connectivity index (χ3v) is 7.79. The number of nitrogens with one attached hydrogen (secondary N) is 1. The number of nitrogens with zero attached hydrogens (tertiary/aromatic N) is 2. The van der Waals surface area contributed by atoms with E-state index in [2.05, 4.69) is 10.3 Å². The van der Waals surface area contributed by atoms with E-state index in [0.717, 1.165) is 27.3 Å². The van der Waals surface area contributed by atoms with Crippen LogP contribution in [0.4, 0.5) is 0 Å². The van der Waals surface area contributed by atoms with E-state index in [4.69, 9.17) is 0 Å². The van der Waals surface area contributed by atoms with Crippen LogP contribution in [0.3, 0.4) is 0 Å². The van der Waals surface area contributed by atoms with Crippen LogP contribution in [0.5, 0.6) is 0 Å². The van der Waals surface area contributed by atoms with Crippen molar-refractivity contribution in [1.82, 2.24) is 15.2 Å². The van der Waals surface area contributed by atoms with Gasteiger partial charge in [-0.25, -0.2) is 0 Å². The highest BCUT2D eigenvalue weighted by Crippen LogP contribution is 2.27. The largest absolute Gasteiger partial charge is 0.348 e. The summed E-state index contributed by atoms with van der Waals surface area (Å²) in [4.78, 5) is 45.8. The van der Waals surface area contributed by atoms with Crippen molar-refractivity contribution < 1.29 is 14.4 Å². The quantitative estimate of drug-likeness (QED) is 0.416. The van der Waals surface area contributed by atoms with Crippen LogP contribution < -0.4 is 5.32 Å². The molecule has 0 unspecified atom stereocenters. The Morgan fingerprint density at radius 3 is 2.64 bits per heavy atom. The van der Waals surface area contributed by atoms with Gasteiger partial charge in [0.1, 0.15) is 0 Å². The summed E-state index contributed by atoms with van der Waals surface area (Å²) in [6.07, 6.45) is 4.48. The monoisotopic (exact) mass is 479 g/mol. The first-order chi connectivity index (χ1) is 15.9. The summed E-state index contributed by atoms with van der Waals surface area (Å²) in [7, 11) is 0. The molecule has 0 saturated carbocycles.